The summed E-state index contributed by atoms with van der Waals surface area (Å²) < 4.78 is 10.9. The lowest BCUT2D eigenvalue weighted by molar-refractivity contribution is -0.127. The Morgan fingerprint density at radius 3 is 2.78 bits per heavy atom. The van der Waals surface area contributed by atoms with Crippen molar-refractivity contribution in [2.45, 2.75) is 27.7 Å². The summed E-state index contributed by atoms with van der Waals surface area (Å²) in [6.07, 6.45) is 0. The summed E-state index contributed by atoms with van der Waals surface area (Å²) in [5.41, 5.74) is 0.760. The minimum atomic E-state index is -0.590. The normalized spacial score (nSPS) is 16.3. The van der Waals surface area contributed by atoms with Crippen LogP contribution in [0.2, 0.25) is 0 Å². The van der Waals surface area contributed by atoms with Crippen LogP contribution in [0.5, 0.6) is 5.75 Å². The molecule has 0 radical (unpaired) electrons. The molecule has 0 saturated carbocycles. The van der Waals surface area contributed by atoms with Gasteiger partial charge < -0.3 is 19.7 Å². The molecule has 0 spiro atoms. The molecule has 0 bridgehead atoms. The van der Waals surface area contributed by atoms with E-state index in [1.807, 2.05) is 27.7 Å². The van der Waals surface area contributed by atoms with Crippen LogP contribution in [0, 0.1) is 5.41 Å². The third-order valence-corrected chi connectivity index (χ3v) is 3.70. The summed E-state index contributed by atoms with van der Waals surface area (Å²) in [6, 6.07) is 5.31. The number of carbonyl (C=O) groups excluding carboxylic acids is 2. The van der Waals surface area contributed by atoms with Crippen LogP contribution in [0.1, 0.15) is 27.7 Å². The summed E-state index contributed by atoms with van der Waals surface area (Å²) in [5.74, 6) is 0.413. The van der Waals surface area contributed by atoms with Gasteiger partial charge in [0.1, 0.15) is 19.0 Å². The molecule has 1 aromatic carbocycles. The SMILES string of the molecule is CCOCC(=O)Nc1ccc2c(c1)OCC(C)(C)C(=O)N2CC. The van der Waals surface area contributed by atoms with Crippen LogP contribution in [0.15, 0.2) is 18.2 Å². The molecule has 6 nitrogen and oxygen atoms in total. The lowest BCUT2D eigenvalue weighted by atomic mass is 9.93. The maximum Gasteiger partial charge on any atom is 0.250 e. The molecule has 1 aliphatic heterocycles. The van der Waals surface area contributed by atoms with Gasteiger partial charge in [-0.05, 0) is 39.8 Å². The summed E-state index contributed by atoms with van der Waals surface area (Å²) in [7, 11) is 0. The standard InChI is InChI=1S/C17H24N2O4/c1-5-19-13-8-7-12(18-15(20)10-22-6-2)9-14(13)23-11-17(3,4)16(19)21/h7-9H,5-6,10-11H2,1-4H3,(H,18,20). The van der Waals surface area contributed by atoms with E-state index in [0.29, 0.717) is 31.2 Å². The number of carbonyl (C=O) groups is 2. The van der Waals surface area contributed by atoms with E-state index >= 15 is 0 Å². The summed E-state index contributed by atoms with van der Waals surface area (Å²) in [5, 5.41) is 2.76. The summed E-state index contributed by atoms with van der Waals surface area (Å²) in [6.45, 7) is 8.87. The Bertz CT molecular complexity index is 598. The zero-order chi connectivity index (χ0) is 17.0. The molecule has 0 unspecified atom stereocenters. The zero-order valence-electron chi connectivity index (χ0n) is 14.1. The Morgan fingerprint density at radius 2 is 2.13 bits per heavy atom. The van der Waals surface area contributed by atoms with E-state index in [1.54, 1.807) is 23.1 Å². The average molecular weight is 320 g/mol. The van der Waals surface area contributed by atoms with E-state index < -0.39 is 5.41 Å². The highest BCUT2D eigenvalue weighted by atomic mass is 16.5. The van der Waals surface area contributed by atoms with Crippen molar-refractivity contribution >= 4 is 23.2 Å². The first kappa shape index (κ1) is 17.3. The van der Waals surface area contributed by atoms with E-state index in [4.69, 9.17) is 9.47 Å². The average Bonchev–Trinajstić information content (AvgIpc) is 2.61. The van der Waals surface area contributed by atoms with Gasteiger partial charge in [-0.3, -0.25) is 9.59 Å². The molecule has 0 fully saturated rings. The van der Waals surface area contributed by atoms with Gasteiger partial charge in [0.2, 0.25) is 11.8 Å². The van der Waals surface area contributed by atoms with Crippen molar-refractivity contribution in [3.05, 3.63) is 18.2 Å². The van der Waals surface area contributed by atoms with Crippen LogP contribution >= 0.6 is 0 Å². The van der Waals surface area contributed by atoms with Gasteiger partial charge in [-0.15, -0.1) is 0 Å². The van der Waals surface area contributed by atoms with Gasteiger partial charge in [-0.1, -0.05) is 0 Å². The van der Waals surface area contributed by atoms with Crippen molar-refractivity contribution in [1.82, 2.24) is 0 Å². The number of benzene rings is 1. The van der Waals surface area contributed by atoms with Crippen LogP contribution < -0.4 is 15.0 Å². The number of hydrogen-bond acceptors (Lipinski definition) is 4. The van der Waals surface area contributed by atoms with Crippen molar-refractivity contribution in [1.29, 1.82) is 0 Å². The molecule has 0 saturated heterocycles. The van der Waals surface area contributed by atoms with E-state index in [1.165, 1.54) is 0 Å². The monoisotopic (exact) mass is 320 g/mol. The van der Waals surface area contributed by atoms with Gasteiger partial charge in [-0.25, -0.2) is 0 Å². The molecule has 23 heavy (non-hydrogen) atoms. The first-order valence-corrected chi connectivity index (χ1v) is 7.85. The zero-order valence-corrected chi connectivity index (χ0v) is 14.1. The van der Waals surface area contributed by atoms with Crippen LogP contribution in [0.25, 0.3) is 0 Å². The second kappa shape index (κ2) is 7.00. The Hall–Kier alpha value is -2.08. The molecule has 2 amide bonds. The largest absolute Gasteiger partial charge is 0.490 e. The highest BCUT2D eigenvalue weighted by molar-refractivity contribution is 6.00. The smallest absolute Gasteiger partial charge is 0.250 e. The Kier molecular flexibility index (Phi) is 5.26. The molecular formula is C17H24N2O4. The van der Waals surface area contributed by atoms with Crippen molar-refractivity contribution in [3.63, 3.8) is 0 Å². The molecule has 1 aliphatic rings. The highest BCUT2D eigenvalue weighted by Crippen LogP contribution is 2.37. The molecular weight excluding hydrogens is 296 g/mol. The predicted octanol–water partition coefficient (Wildman–Crippen LogP) is 2.43. The maximum atomic E-state index is 12.6. The predicted molar refractivity (Wildman–Crippen MR) is 88.9 cm³/mol. The number of anilines is 2. The Labute approximate surface area is 136 Å². The first-order valence-electron chi connectivity index (χ1n) is 7.85. The topological polar surface area (TPSA) is 67.9 Å². The van der Waals surface area contributed by atoms with Gasteiger partial charge in [0, 0.05) is 24.9 Å². The van der Waals surface area contributed by atoms with E-state index in [2.05, 4.69) is 5.32 Å². The minimum Gasteiger partial charge on any atom is -0.490 e. The lowest BCUT2D eigenvalue weighted by Crippen LogP contribution is -2.42. The van der Waals surface area contributed by atoms with Gasteiger partial charge in [0.25, 0.3) is 0 Å². The quantitative estimate of drug-likeness (QED) is 0.905. The molecule has 0 aromatic heterocycles. The second-order valence-electron chi connectivity index (χ2n) is 6.09. The Balaban J connectivity index is 2.25. The summed E-state index contributed by atoms with van der Waals surface area (Å²) >= 11 is 0. The van der Waals surface area contributed by atoms with Crippen molar-refractivity contribution in [2.75, 3.05) is 36.6 Å². The van der Waals surface area contributed by atoms with Gasteiger partial charge >= 0.3 is 0 Å². The molecule has 126 valence electrons. The fourth-order valence-electron chi connectivity index (χ4n) is 2.43. The van der Waals surface area contributed by atoms with E-state index in [-0.39, 0.29) is 18.4 Å². The lowest BCUT2D eigenvalue weighted by Gasteiger charge is -2.26. The first-order chi connectivity index (χ1) is 10.9. The third-order valence-electron chi connectivity index (χ3n) is 3.70. The van der Waals surface area contributed by atoms with Crippen molar-refractivity contribution < 1.29 is 19.1 Å². The molecule has 1 heterocycles. The molecule has 1 N–H and O–H groups in total. The van der Waals surface area contributed by atoms with Crippen LogP contribution in [0.4, 0.5) is 11.4 Å². The number of hydrogen-bond donors (Lipinski definition) is 1. The number of amides is 2. The number of nitrogens with one attached hydrogen (secondary N) is 1. The van der Waals surface area contributed by atoms with Crippen LogP contribution in [-0.2, 0) is 14.3 Å². The minimum absolute atomic E-state index is 0.0149. The molecule has 1 aromatic rings. The van der Waals surface area contributed by atoms with E-state index in [0.717, 1.165) is 5.69 Å². The molecule has 6 heteroatoms. The second-order valence-corrected chi connectivity index (χ2v) is 6.09. The van der Waals surface area contributed by atoms with Crippen molar-refractivity contribution in [2.24, 2.45) is 5.41 Å². The maximum absolute atomic E-state index is 12.6. The number of rotatable bonds is 5. The van der Waals surface area contributed by atoms with E-state index in [9.17, 15) is 9.59 Å². The Morgan fingerprint density at radius 1 is 1.39 bits per heavy atom. The van der Waals surface area contributed by atoms with Crippen LogP contribution in [-0.4, -0.2) is 38.2 Å². The molecule has 0 atom stereocenters. The number of fused-ring (bicyclic) bond motifs is 1. The molecule has 2 rings (SSSR count). The number of nitrogens with zero attached hydrogens (tertiary/aromatic N) is 1. The van der Waals surface area contributed by atoms with Crippen molar-refractivity contribution in [3.8, 4) is 5.75 Å². The van der Waals surface area contributed by atoms with Gasteiger partial charge in [0.05, 0.1) is 11.1 Å². The third kappa shape index (κ3) is 3.82. The molecule has 0 aliphatic carbocycles. The fraction of sp³-hybridized carbons (Fsp3) is 0.529. The van der Waals surface area contributed by atoms with Crippen LogP contribution in [0.3, 0.4) is 0 Å². The summed E-state index contributed by atoms with van der Waals surface area (Å²) in [4.78, 5) is 26.1. The fourth-order valence-corrected chi connectivity index (χ4v) is 2.43. The van der Waals surface area contributed by atoms with Gasteiger partial charge in [0.15, 0.2) is 0 Å². The van der Waals surface area contributed by atoms with Gasteiger partial charge in [-0.2, -0.15) is 0 Å². The highest BCUT2D eigenvalue weighted by Gasteiger charge is 2.37. The number of ether oxygens (including phenoxy) is 2.